The summed E-state index contributed by atoms with van der Waals surface area (Å²) in [6.07, 6.45) is 1.15. The van der Waals surface area contributed by atoms with E-state index in [1.807, 2.05) is 0 Å². The molecule has 18 heavy (non-hydrogen) atoms. The summed E-state index contributed by atoms with van der Waals surface area (Å²) in [5, 5.41) is 3.31. The molecule has 0 bridgehead atoms. The van der Waals surface area contributed by atoms with Gasteiger partial charge in [-0.3, -0.25) is 9.59 Å². The molecule has 0 aliphatic heterocycles. The second kappa shape index (κ2) is 5.20. The van der Waals surface area contributed by atoms with E-state index in [2.05, 4.69) is 15.3 Å². The molecule has 2 rings (SSSR count). The first-order valence-electron chi connectivity index (χ1n) is 4.87. The van der Waals surface area contributed by atoms with Crippen molar-refractivity contribution in [2.24, 2.45) is 0 Å². The van der Waals surface area contributed by atoms with E-state index in [9.17, 15) is 9.59 Å². The van der Waals surface area contributed by atoms with Gasteiger partial charge in [0.1, 0.15) is 5.69 Å². The summed E-state index contributed by atoms with van der Waals surface area (Å²) in [5.74, 6) is -0.537. The van der Waals surface area contributed by atoms with Gasteiger partial charge in [0, 0.05) is 11.1 Å². The molecule has 92 valence electrons. The maximum atomic E-state index is 11.8. The van der Waals surface area contributed by atoms with Crippen LogP contribution in [-0.2, 0) is 0 Å². The van der Waals surface area contributed by atoms with Crippen LogP contribution in [0.15, 0.2) is 35.4 Å². The highest BCUT2D eigenvalue weighted by atomic mass is 35.5. The van der Waals surface area contributed by atoms with Crippen LogP contribution >= 0.6 is 23.2 Å². The van der Waals surface area contributed by atoms with E-state index in [-0.39, 0.29) is 5.69 Å². The molecule has 0 radical (unpaired) electrons. The first-order chi connectivity index (χ1) is 8.56. The monoisotopic (exact) mass is 283 g/mol. The van der Waals surface area contributed by atoms with Gasteiger partial charge in [0.15, 0.2) is 0 Å². The summed E-state index contributed by atoms with van der Waals surface area (Å²) in [6.45, 7) is 0. The zero-order valence-electron chi connectivity index (χ0n) is 8.91. The largest absolute Gasteiger partial charge is 0.319 e. The quantitative estimate of drug-likeness (QED) is 0.888. The molecule has 7 heteroatoms. The van der Waals surface area contributed by atoms with Crippen molar-refractivity contribution in [3.8, 4) is 0 Å². The van der Waals surface area contributed by atoms with Gasteiger partial charge in [0.05, 0.1) is 17.0 Å². The lowest BCUT2D eigenvalue weighted by Crippen LogP contribution is -2.17. The minimum absolute atomic E-state index is 0.00482. The van der Waals surface area contributed by atoms with Crippen LogP contribution in [-0.4, -0.2) is 15.9 Å². The van der Waals surface area contributed by atoms with Gasteiger partial charge in [-0.2, -0.15) is 0 Å². The van der Waals surface area contributed by atoms with E-state index in [1.165, 1.54) is 6.07 Å². The number of nitrogens with zero attached hydrogens (tertiary/aromatic N) is 1. The standard InChI is InChI=1S/C11H7Cl2N3O2/c12-6-1-2-7(13)8(3-6)16-11(18)9-4-10(17)15-5-14-9/h1-5H,(H,16,18)(H,14,15,17). The van der Waals surface area contributed by atoms with Crippen molar-refractivity contribution in [3.63, 3.8) is 0 Å². The molecule has 1 aromatic carbocycles. The van der Waals surface area contributed by atoms with E-state index >= 15 is 0 Å². The van der Waals surface area contributed by atoms with Crippen LogP contribution in [0, 0.1) is 0 Å². The number of hydrogen-bond donors (Lipinski definition) is 2. The van der Waals surface area contributed by atoms with Gasteiger partial charge in [-0.15, -0.1) is 0 Å². The normalized spacial score (nSPS) is 10.1. The van der Waals surface area contributed by atoms with Crippen LogP contribution in [0.2, 0.25) is 10.0 Å². The topological polar surface area (TPSA) is 74.8 Å². The third-order valence-electron chi connectivity index (χ3n) is 2.09. The summed E-state index contributed by atoms with van der Waals surface area (Å²) in [6, 6.07) is 5.76. The summed E-state index contributed by atoms with van der Waals surface area (Å²) in [7, 11) is 0. The highest BCUT2D eigenvalue weighted by molar-refractivity contribution is 6.35. The first kappa shape index (κ1) is 12.6. The van der Waals surface area contributed by atoms with Crippen LogP contribution in [0.1, 0.15) is 10.5 Å². The Kier molecular flexibility index (Phi) is 3.64. The third-order valence-corrected chi connectivity index (χ3v) is 2.65. The molecule has 2 N–H and O–H groups in total. The van der Waals surface area contributed by atoms with Gasteiger partial charge in [0.2, 0.25) is 0 Å². The maximum absolute atomic E-state index is 11.8. The fourth-order valence-corrected chi connectivity index (χ4v) is 1.61. The Morgan fingerprint density at radius 3 is 2.78 bits per heavy atom. The van der Waals surface area contributed by atoms with Gasteiger partial charge >= 0.3 is 0 Å². The fraction of sp³-hybridized carbons (Fsp3) is 0. The van der Waals surface area contributed by atoms with Gasteiger partial charge in [-0.25, -0.2) is 4.98 Å². The number of H-pyrrole nitrogens is 1. The second-order valence-electron chi connectivity index (χ2n) is 3.37. The number of aromatic nitrogens is 2. The molecule has 2 aromatic rings. The highest BCUT2D eigenvalue weighted by Gasteiger charge is 2.10. The molecule has 0 fully saturated rings. The van der Waals surface area contributed by atoms with Crippen molar-refractivity contribution in [1.29, 1.82) is 0 Å². The SMILES string of the molecule is O=C(Nc1cc(Cl)ccc1Cl)c1cc(=O)[nH]cn1. The number of carbonyl (C=O) groups excluding carboxylic acids is 1. The molecule has 0 aliphatic carbocycles. The summed E-state index contributed by atoms with van der Waals surface area (Å²) < 4.78 is 0. The predicted octanol–water partition coefficient (Wildman–Crippen LogP) is 2.33. The average Bonchev–Trinajstić information content (AvgIpc) is 2.34. The molecule has 0 spiro atoms. The zero-order valence-corrected chi connectivity index (χ0v) is 10.4. The minimum Gasteiger partial charge on any atom is -0.319 e. The van der Waals surface area contributed by atoms with E-state index in [0.29, 0.717) is 15.7 Å². The lowest BCUT2D eigenvalue weighted by Gasteiger charge is -2.06. The number of anilines is 1. The van der Waals surface area contributed by atoms with Crippen molar-refractivity contribution in [1.82, 2.24) is 9.97 Å². The Morgan fingerprint density at radius 1 is 1.28 bits per heavy atom. The Balaban J connectivity index is 2.26. The summed E-state index contributed by atoms with van der Waals surface area (Å²) in [5.41, 5.74) is -0.0571. The third kappa shape index (κ3) is 2.88. The maximum Gasteiger partial charge on any atom is 0.274 e. The number of aromatic amines is 1. The fourth-order valence-electron chi connectivity index (χ4n) is 1.27. The summed E-state index contributed by atoms with van der Waals surface area (Å²) in [4.78, 5) is 28.9. The number of carbonyl (C=O) groups is 1. The Morgan fingerprint density at radius 2 is 2.06 bits per heavy atom. The lowest BCUT2D eigenvalue weighted by atomic mass is 10.3. The smallest absolute Gasteiger partial charge is 0.274 e. The van der Waals surface area contributed by atoms with Gasteiger partial charge < -0.3 is 10.3 Å². The number of rotatable bonds is 2. The van der Waals surface area contributed by atoms with Crippen LogP contribution in [0.5, 0.6) is 0 Å². The molecular weight excluding hydrogens is 277 g/mol. The Hall–Kier alpha value is -1.85. The van der Waals surface area contributed by atoms with E-state index in [1.54, 1.807) is 12.1 Å². The van der Waals surface area contributed by atoms with E-state index in [0.717, 1.165) is 12.4 Å². The minimum atomic E-state index is -0.537. The lowest BCUT2D eigenvalue weighted by molar-refractivity contribution is 0.102. The Bertz CT molecular complexity index is 655. The molecule has 1 amide bonds. The van der Waals surface area contributed by atoms with Crippen molar-refractivity contribution in [2.45, 2.75) is 0 Å². The summed E-state index contributed by atoms with van der Waals surface area (Å²) >= 11 is 11.7. The van der Waals surface area contributed by atoms with Gasteiger partial charge in [0.25, 0.3) is 11.5 Å². The van der Waals surface area contributed by atoms with Gasteiger partial charge in [-0.05, 0) is 18.2 Å². The molecule has 1 aromatic heterocycles. The molecule has 0 saturated carbocycles. The predicted molar refractivity (Wildman–Crippen MR) is 69.3 cm³/mol. The van der Waals surface area contributed by atoms with E-state index in [4.69, 9.17) is 23.2 Å². The molecule has 0 saturated heterocycles. The average molecular weight is 284 g/mol. The molecule has 1 heterocycles. The van der Waals surface area contributed by atoms with E-state index < -0.39 is 11.5 Å². The number of halogens is 2. The van der Waals surface area contributed by atoms with Crippen LogP contribution in [0.25, 0.3) is 0 Å². The van der Waals surface area contributed by atoms with Crippen molar-refractivity contribution < 1.29 is 4.79 Å². The number of hydrogen-bond acceptors (Lipinski definition) is 3. The van der Waals surface area contributed by atoms with Crippen LogP contribution in [0.3, 0.4) is 0 Å². The van der Waals surface area contributed by atoms with Crippen LogP contribution < -0.4 is 10.9 Å². The first-order valence-corrected chi connectivity index (χ1v) is 5.63. The van der Waals surface area contributed by atoms with Crippen LogP contribution in [0.4, 0.5) is 5.69 Å². The van der Waals surface area contributed by atoms with Crippen molar-refractivity contribution >= 4 is 34.8 Å². The molecular formula is C11H7Cl2N3O2. The zero-order chi connectivity index (χ0) is 13.1. The van der Waals surface area contributed by atoms with Gasteiger partial charge in [-0.1, -0.05) is 23.2 Å². The number of amides is 1. The molecule has 5 nitrogen and oxygen atoms in total. The highest BCUT2D eigenvalue weighted by Crippen LogP contribution is 2.25. The van der Waals surface area contributed by atoms with Crippen molar-refractivity contribution in [2.75, 3.05) is 5.32 Å². The number of nitrogens with one attached hydrogen (secondary N) is 2. The molecule has 0 aliphatic rings. The Labute approximate surface area is 112 Å². The van der Waals surface area contributed by atoms with Crippen molar-refractivity contribution in [3.05, 3.63) is 56.7 Å². The number of benzene rings is 1. The molecule has 0 unspecified atom stereocenters. The second-order valence-corrected chi connectivity index (χ2v) is 4.22. The molecule has 0 atom stereocenters.